The van der Waals surface area contributed by atoms with E-state index in [0.717, 1.165) is 47.6 Å². The summed E-state index contributed by atoms with van der Waals surface area (Å²) in [5.74, 6) is 2.74. The molecule has 2 aromatic heterocycles. The maximum atomic E-state index is 12.8. The molecule has 0 saturated carbocycles. The number of H-pyrrole nitrogens is 1. The van der Waals surface area contributed by atoms with Crippen LogP contribution in [0.2, 0.25) is 0 Å². The molecule has 0 radical (unpaired) electrons. The molecule has 3 heterocycles. The summed E-state index contributed by atoms with van der Waals surface area (Å²) in [4.78, 5) is 36.2. The van der Waals surface area contributed by atoms with E-state index in [1.165, 1.54) is 13.1 Å². The lowest BCUT2D eigenvalue weighted by Gasteiger charge is -2.22. The molecule has 3 aromatic rings. The van der Waals surface area contributed by atoms with Crippen molar-refractivity contribution in [3.63, 3.8) is 0 Å². The maximum absolute atomic E-state index is 12.8. The van der Waals surface area contributed by atoms with Crippen LogP contribution in [0, 0.1) is 0 Å². The number of aromatic amines is 1. The van der Waals surface area contributed by atoms with Gasteiger partial charge in [0, 0.05) is 30.4 Å². The molecule has 0 spiro atoms. The first-order valence-corrected chi connectivity index (χ1v) is 11.7. The highest BCUT2D eigenvalue weighted by molar-refractivity contribution is 7.99. The number of nitrogens with one attached hydrogen (secondary N) is 3. The van der Waals surface area contributed by atoms with E-state index in [2.05, 4.69) is 25.6 Å². The van der Waals surface area contributed by atoms with E-state index in [-0.39, 0.29) is 17.9 Å². The van der Waals surface area contributed by atoms with Gasteiger partial charge in [-0.3, -0.25) is 9.59 Å². The van der Waals surface area contributed by atoms with Gasteiger partial charge < -0.3 is 20.4 Å². The number of fused-ring (bicyclic) bond motifs is 2. The van der Waals surface area contributed by atoms with Crippen molar-refractivity contribution in [2.75, 3.05) is 11.5 Å². The monoisotopic (exact) mass is 449 g/mol. The molecule has 2 aliphatic rings. The molecular formula is C23H23N5O3S. The van der Waals surface area contributed by atoms with Crippen LogP contribution in [0.15, 0.2) is 36.7 Å². The first kappa shape index (κ1) is 20.6. The van der Waals surface area contributed by atoms with Crippen molar-refractivity contribution in [1.82, 2.24) is 25.6 Å². The summed E-state index contributed by atoms with van der Waals surface area (Å²) < 4.78 is 5.96. The number of carbonyl (C=O) groups excluding carboxylic acids is 2. The molecule has 8 nitrogen and oxygen atoms in total. The molecule has 0 atom stereocenters. The number of benzene rings is 1. The first-order chi connectivity index (χ1) is 15.6. The lowest BCUT2D eigenvalue weighted by molar-refractivity contribution is -0.117. The summed E-state index contributed by atoms with van der Waals surface area (Å²) in [5.41, 5.74) is 4.30. The highest BCUT2D eigenvalue weighted by atomic mass is 32.2. The van der Waals surface area contributed by atoms with E-state index in [9.17, 15) is 9.59 Å². The molecule has 3 N–H and O–H groups in total. The number of aromatic nitrogens is 3. The van der Waals surface area contributed by atoms with Crippen LogP contribution < -0.4 is 15.4 Å². The fraction of sp³-hybridized carbons (Fsp3) is 0.304. The predicted molar refractivity (Wildman–Crippen MR) is 124 cm³/mol. The zero-order valence-electron chi connectivity index (χ0n) is 17.6. The van der Waals surface area contributed by atoms with Crippen LogP contribution in [0.4, 0.5) is 0 Å². The number of allylic oxidation sites excluding steroid dienone is 1. The maximum Gasteiger partial charge on any atom is 0.255 e. The molecule has 1 aromatic carbocycles. The Kier molecular flexibility index (Phi) is 5.57. The number of thioether (sulfide) groups is 1. The normalized spacial score (nSPS) is 15.8. The van der Waals surface area contributed by atoms with Gasteiger partial charge in [-0.2, -0.15) is 11.8 Å². The Hall–Kier alpha value is -3.33. The van der Waals surface area contributed by atoms with Crippen LogP contribution in [0.5, 0.6) is 11.6 Å². The molecule has 1 aliphatic heterocycles. The van der Waals surface area contributed by atoms with Crippen molar-refractivity contribution in [2.45, 2.75) is 32.2 Å². The topological polar surface area (TPSA) is 109 Å². The Labute approximate surface area is 189 Å². The average Bonchev–Trinajstić information content (AvgIpc) is 3.38. The summed E-state index contributed by atoms with van der Waals surface area (Å²) in [6, 6.07) is 5.90. The van der Waals surface area contributed by atoms with Gasteiger partial charge in [-0.05, 0) is 48.5 Å². The number of hydrogen-bond donors (Lipinski definition) is 3. The van der Waals surface area contributed by atoms with E-state index in [4.69, 9.17) is 4.74 Å². The van der Waals surface area contributed by atoms with Gasteiger partial charge in [0.25, 0.3) is 5.91 Å². The second-order valence-corrected chi connectivity index (χ2v) is 9.12. The minimum Gasteiger partial charge on any atom is -0.437 e. The number of ether oxygens (including phenoxy) is 1. The molecule has 0 unspecified atom stereocenters. The zero-order chi connectivity index (χ0) is 22.1. The van der Waals surface area contributed by atoms with Crippen molar-refractivity contribution < 1.29 is 14.3 Å². The fourth-order valence-electron chi connectivity index (χ4n) is 4.00. The molecule has 0 bridgehead atoms. The largest absolute Gasteiger partial charge is 0.437 e. The highest BCUT2D eigenvalue weighted by Crippen LogP contribution is 2.31. The molecule has 2 amide bonds. The summed E-state index contributed by atoms with van der Waals surface area (Å²) in [6.07, 6.45) is 7.87. The minimum atomic E-state index is -0.151. The van der Waals surface area contributed by atoms with Crippen molar-refractivity contribution in [2.24, 2.45) is 0 Å². The lowest BCUT2D eigenvalue weighted by atomic mass is 10.1. The molecule has 32 heavy (non-hydrogen) atoms. The van der Waals surface area contributed by atoms with Crippen molar-refractivity contribution in [3.05, 3.63) is 53.4 Å². The summed E-state index contributed by atoms with van der Waals surface area (Å²) in [6.45, 7) is 1.49. The highest BCUT2D eigenvalue weighted by Gasteiger charge is 2.21. The van der Waals surface area contributed by atoms with Crippen molar-refractivity contribution in [1.29, 1.82) is 0 Å². The fourth-order valence-corrected chi connectivity index (χ4v) is 5.11. The Morgan fingerprint density at radius 1 is 1.25 bits per heavy atom. The second kappa shape index (κ2) is 8.66. The average molecular weight is 450 g/mol. The SMILES string of the molecule is CC(=O)NC1=CCc2ccc(Oc3cnc4[nH]cc(C(=O)NC5CCSCC5)c4n3)cc21. The van der Waals surface area contributed by atoms with Gasteiger partial charge in [0.1, 0.15) is 11.3 Å². The van der Waals surface area contributed by atoms with Crippen LogP contribution in [0.25, 0.3) is 16.9 Å². The third-order valence-corrected chi connectivity index (χ3v) is 6.64. The molecule has 5 rings (SSSR count). The molecule has 1 fully saturated rings. The van der Waals surface area contributed by atoms with Crippen LogP contribution in [0.3, 0.4) is 0 Å². The molecule has 9 heteroatoms. The standard InChI is InChI=1S/C23H23N5O3S/c1-13(29)26-19-5-3-14-2-4-16(10-17(14)19)31-20-12-25-22-21(28-20)18(11-24-22)23(30)27-15-6-8-32-9-7-15/h2,4-5,10-12,15H,3,6-9H2,1H3,(H,24,25)(H,26,29)(H,27,30). The van der Waals surface area contributed by atoms with E-state index in [0.29, 0.717) is 28.4 Å². The second-order valence-electron chi connectivity index (χ2n) is 7.89. The molecular weight excluding hydrogens is 426 g/mol. The number of hydrogen-bond acceptors (Lipinski definition) is 6. The molecule has 1 aliphatic carbocycles. The Morgan fingerprint density at radius 2 is 2.09 bits per heavy atom. The number of rotatable bonds is 5. The number of nitrogens with zero attached hydrogens (tertiary/aromatic N) is 2. The molecule has 164 valence electrons. The van der Waals surface area contributed by atoms with Gasteiger partial charge in [-0.15, -0.1) is 0 Å². The third kappa shape index (κ3) is 4.20. The van der Waals surface area contributed by atoms with Gasteiger partial charge in [-0.25, -0.2) is 9.97 Å². The predicted octanol–water partition coefficient (Wildman–Crippen LogP) is 3.41. The van der Waals surface area contributed by atoms with E-state index >= 15 is 0 Å². The summed E-state index contributed by atoms with van der Waals surface area (Å²) in [7, 11) is 0. The third-order valence-electron chi connectivity index (χ3n) is 5.59. The van der Waals surface area contributed by atoms with E-state index in [1.54, 1.807) is 6.20 Å². The van der Waals surface area contributed by atoms with Crippen LogP contribution in [0.1, 0.15) is 41.3 Å². The quantitative estimate of drug-likeness (QED) is 0.551. The van der Waals surface area contributed by atoms with Crippen LogP contribution >= 0.6 is 11.8 Å². The minimum absolute atomic E-state index is 0.114. The van der Waals surface area contributed by atoms with E-state index < -0.39 is 0 Å². The van der Waals surface area contributed by atoms with Crippen molar-refractivity contribution >= 4 is 40.4 Å². The van der Waals surface area contributed by atoms with Crippen LogP contribution in [-0.4, -0.2) is 44.3 Å². The Morgan fingerprint density at radius 3 is 2.91 bits per heavy atom. The number of carbonyl (C=O) groups is 2. The van der Waals surface area contributed by atoms with Gasteiger partial charge in [-0.1, -0.05) is 12.1 Å². The van der Waals surface area contributed by atoms with E-state index in [1.807, 2.05) is 36.0 Å². The molecule has 1 saturated heterocycles. The Bertz CT molecular complexity index is 1230. The first-order valence-electron chi connectivity index (χ1n) is 10.6. The van der Waals surface area contributed by atoms with Gasteiger partial charge in [0.2, 0.25) is 11.8 Å². The van der Waals surface area contributed by atoms with Gasteiger partial charge in [0.15, 0.2) is 5.65 Å². The zero-order valence-corrected chi connectivity index (χ0v) is 18.4. The summed E-state index contributed by atoms with van der Waals surface area (Å²) >= 11 is 1.92. The van der Waals surface area contributed by atoms with Gasteiger partial charge in [0.05, 0.1) is 11.8 Å². The summed E-state index contributed by atoms with van der Waals surface area (Å²) in [5, 5.41) is 5.96. The van der Waals surface area contributed by atoms with Gasteiger partial charge >= 0.3 is 0 Å². The smallest absolute Gasteiger partial charge is 0.255 e. The van der Waals surface area contributed by atoms with Crippen LogP contribution in [-0.2, 0) is 11.2 Å². The lowest BCUT2D eigenvalue weighted by Crippen LogP contribution is -2.37. The number of amides is 2. The van der Waals surface area contributed by atoms with Crippen molar-refractivity contribution in [3.8, 4) is 11.6 Å². The Balaban J connectivity index is 1.36.